The van der Waals surface area contributed by atoms with Gasteiger partial charge in [-0.1, -0.05) is 64.1 Å². The zero-order valence-corrected chi connectivity index (χ0v) is 25.9. The normalized spacial score (nSPS) is 19.5. The van der Waals surface area contributed by atoms with Crippen LogP contribution in [-0.2, 0) is 9.59 Å². The van der Waals surface area contributed by atoms with Crippen LogP contribution < -0.4 is 0 Å². The number of Topliss-reactive ketones (excluding diaryl/α,β-unsaturated/α-hetero) is 2. The molecule has 222 valence electrons. The minimum atomic E-state index is -0.295. The summed E-state index contributed by atoms with van der Waals surface area (Å²) >= 11 is 0. The Balaban J connectivity index is 1.62. The van der Waals surface area contributed by atoms with Crippen LogP contribution in [0.3, 0.4) is 0 Å². The number of unbranched alkanes of at least 4 members (excludes halogenated alkanes) is 1. The SMILES string of the molecule is Cc1ccccc1N=C(CCCCC(=Nc1ccccc1C)C1=C(O)CC(C)(C)CC1=O)C1=C(O)CC(C)(C)CC1=O. The van der Waals surface area contributed by atoms with Crippen molar-refractivity contribution in [1.82, 2.24) is 0 Å². The number of ketones is 2. The summed E-state index contributed by atoms with van der Waals surface area (Å²) in [6.07, 6.45) is 3.89. The molecule has 2 aliphatic rings. The quantitative estimate of drug-likeness (QED) is 0.233. The van der Waals surface area contributed by atoms with Crippen molar-refractivity contribution in [3.8, 4) is 0 Å². The van der Waals surface area contributed by atoms with Gasteiger partial charge in [-0.3, -0.25) is 19.6 Å². The van der Waals surface area contributed by atoms with Crippen LogP contribution in [0.25, 0.3) is 0 Å². The Kier molecular flexibility index (Phi) is 9.34. The Morgan fingerprint density at radius 1 is 0.643 bits per heavy atom. The molecule has 0 radical (unpaired) electrons. The first-order valence-corrected chi connectivity index (χ1v) is 14.9. The summed E-state index contributed by atoms with van der Waals surface area (Å²) in [7, 11) is 0. The first-order chi connectivity index (χ1) is 19.8. The molecule has 0 spiro atoms. The third kappa shape index (κ3) is 7.53. The molecule has 2 aromatic carbocycles. The highest BCUT2D eigenvalue weighted by Crippen LogP contribution is 2.39. The number of aliphatic hydroxyl groups is 2. The fraction of sp³-hybridized carbons (Fsp3) is 0.444. The van der Waals surface area contributed by atoms with E-state index in [0.717, 1.165) is 22.5 Å². The summed E-state index contributed by atoms with van der Waals surface area (Å²) in [5.74, 6) is 0.0542. The van der Waals surface area contributed by atoms with Crippen LogP contribution in [-0.4, -0.2) is 33.2 Å². The van der Waals surface area contributed by atoms with Gasteiger partial charge in [-0.05, 0) is 73.6 Å². The molecule has 6 heteroatoms. The number of benzene rings is 2. The Labute approximate surface area is 250 Å². The summed E-state index contributed by atoms with van der Waals surface area (Å²) in [5.41, 5.74) is 4.82. The maximum absolute atomic E-state index is 13.3. The standard InChI is InChI=1S/C36H44N2O4/c1-23-13-7-9-15-25(23)37-27(33-29(39)19-35(3,4)20-30(33)40)17-11-12-18-28(38-26-16-10-8-14-24(26)2)34-31(41)21-36(5,6)22-32(34)42/h7-10,13-16,39,41H,11-12,17-22H2,1-6H3. The Bertz CT molecular complexity index is 1390. The third-order valence-corrected chi connectivity index (χ3v) is 8.10. The average molecular weight is 569 g/mol. The smallest absolute Gasteiger partial charge is 0.168 e. The molecule has 0 atom stereocenters. The van der Waals surface area contributed by atoms with E-state index in [2.05, 4.69) is 0 Å². The van der Waals surface area contributed by atoms with Crippen LogP contribution in [0.4, 0.5) is 11.4 Å². The van der Waals surface area contributed by atoms with E-state index in [9.17, 15) is 19.8 Å². The van der Waals surface area contributed by atoms with Crippen molar-refractivity contribution >= 4 is 34.4 Å². The molecule has 0 saturated carbocycles. The van der Waals surface area contributed by atoms with Crippen molar-refractivity contribution in [3.63, 3.8) is 0 Å². The van der Waals surface area contributed by atoms with Gasteiger partial charge < -0.3 is 10.2 Å². The van der Waals surface area contributed by atoms with E-state index < -0.39 is 0 Å². The predicted octanol–water partition coefficient (Wildman–Crippen LogP) is 9.11. The molecule has 0 amide bonds. The minimum Gasteiger partial charge on any atom is -0.511 e. The van der Waals surface area contributed by atoms with Gasteiger partial charge in [-0.15, -0.1) is 0 Å². The van der Waals surface area contributed by atoms with Gasteiger partial charge in [0.15, 0.2) is 11.6 Å². The van der Waals surface area contributed by atoms with E-state index in [1.54, 1.807) is 0 Å². The molecule has 0 heterocycles. The fourth-order valence-corrected chi connectivity index (χ4v) is 5.96. The Morgan fingerprint density at radius 3 is 1.33 bits per heavy atom. The molecular weight excluding hydrogens is 524 g/mol. The molecule has 0 bridgehead atoms. The highest BCUT2D eigenvalue weighted by Gasteiger charge is 2.36. The molecule has 0 fully saturated rings. The largest absolute Gasteiger partial charge is 0.511 e. The second kappa shape index (κ2) is 12.6. The third-order valence-electron chi connectivity index (χ3n) is 8.10. The number of nitrogens with zero attached hydrogens (tertiary/aromatic N) is 2. The summed E-state index contributed by atoms with van der Waals surface area (Å²) in [5, 5.41) is 22.0. The minimum absolute atomic E-state index is 0.0802. The van der Waals surface area contributed by atoms with Crippen LogP contribution >= 0.6 is 0 Å². The highest BCUT2D eigenvalue weighted by atomic mass is 16.3. The van der Waals surface area contributed by atoms with E-state index >= 15 is 0 Å². The number of carbonyl (C=O) groups excluding carboxylic acids is 2. The lowest BCUT2D eigenvalue weighted by atomic mass is 9.75. The molecule has 0 aliphatic heterocycles. The lowest BCUT2D eigenvalue weighted by Crippen LogP contribution is -2.29. The molecule has 0 aromatic heterocycles. The lowest BCUT2D eigenvalue weighted by molar-refractivity contribution is -0.118. The van der Waals surface area contributed by atoms with Crippen molar-refractivity contribution in [2.45, 2.75) is 92.9 Å². The number of aryl methyl sites for hydroxylation is 2. The van der Waals surface area contributed by atoms with E-state index in [-0.39, 0.29) is 33.9 Å². The predicted molar refractivity (Wildman–Crippen MR) is 170 cm³/mol. The van der Waals surface area contributed by atoms with Crippen molar-refractivity contribution < 1.29 is 19.8 Å². The van der Waals surface area contributed by atoms with Gasteiger partial charge in [0, 0.05) is 25.7 Å². The monoisotopic (exact) mass is 568 g/mol. The number of rotatable bonds is 9. The fourth-order valence-electron chi connectivity index (χ4n) is 5.96. The van der Waals surface area contributed by atoms with Crippen LogP contribution in [0, 0.1) is 24.7 Å². The summed E-state index contributed by atoms with van der Waals surface area (Å²) < 4.78 is 0. The Morgan fingerprint density at radius 2 is 1.00 bits per heavy atom. The van der Waals surface area contributed by atoms with E-state index in [1.807, 2.05) is 90.1 Å². The van der Waals surface area contributed by atoms with Crippen molar-refractivity contribution in [2.24, 2.45) is 20.8 Å². The average Bonchev–Trinajstić information content (AvgIpc) is 2.86. The zero-order valence-electron chi connectivity index (χ0n) is 25.9. The lowest BCUT2D eigenvalue weighted by Gasteiger charge is -2.30. The number of aliphatic imine (C=N–C) groups is 2. The van der Waals surface area contributed by atoms with Gasteiger partial charge in [0.25, 0.3) is 0 Å². The first kappa shape index (κ1) is 31.1. The number of para-hydroxylation sites is 2. The van der Waals surface area contributed by atoms with Crippen molar-refractivity contribution in [3.05, 3.63) is 82.3 Å². The second-order valence-corrected chi connectivity index (χ2v) is 13.4. The molecule has 0 saturated heterocycles. The molecule has 2 aromatic rings. The molecule has 4 rings (SSSR count). The van der Waals surface area contributed by atoms with E-state index in [4.69, 9.17) is 9.98 Å². The van der Waals surface area contributed by atoms with Gasteiger partial charge in [0.05, 0.1) is 33.9 Å². The second-order valence-electron chi connectivity index (χ2n) is 13.4. The summed E-state index contributed by atoms with van der Waals surface area (Å²) in [4.78, 5) is 36.3. The van der Waals surface area contributed by atoms with Crippen LogP contribution in [0.2, 0.25) is 0 Å². The molecule has 2 aliphatic carbocycles. The van der Waals surface area contributed by atoms with Gasteiger partial charge in [-0.25, -0.2) is 0 Å². The van der Waals surface area contributed by atoms with Gasteiger partial charge in [0.1, 0.15) is 11.5 Å². The van der Waals surface area contributed by atoms with Crippen LogP contribution in [0.5, 0.6) is 0 Å². The van der Waals surface area contributed by atoms with Gasteiger partial charge in [-0.2, -0.15) is 0 Å². The van der Waals surface area contributed by atoms with E-state index in [0.29, 0.717) is 73.9 Å². The van der Waals surface area contributed by atoms with Crippen LogP contribution in [0.1, 0.15) is 90.2 Å². The van der Waals surface area contributed by atoms with Gasteiger partial charge >= 0.3 is 0 Å². The Hall–Kier alpha value is -3.80. The number of hydrogen-bond donors (Lipinski definition) is 2. The first-order valence-electron chi connectivity index (χ1n) is 14.9. The molecular formula is C36H44N2O4. The number of aliphatic hydroxyl groups excluding tert-OH is 2. The van der Waals surface area contributed by atoms with Gasteiger partial charge in [0.2, 0.25) is 0 Å². The zero-order chi connectivity index (χ0) is 30.7. The summed E-state index contributed by atoms with van der Waals surface area (Å²) in [6.45, 7) is 11.9. The highest BCUT2D eigenvalue weighted by molar-refractivity contribution is 6.24. The maximum atomic E-state index is 13.3. The molecule has 42 heavy (non-hydrogen) atoms. The molecule has 2 N–H and O–H groups in total. The van der Waals surface area contributed by atoms with Crippen molar-refractivity contribution in [1.29, 1.82) is 0 Å². The number of hydrogen-bond acceptors (Lipinski definition) is 6. The topological polar surface area (TPSA) is 99.3 Å². The van der Waals surface area contributed by atoms with E-state index in [1.165, 1.54) is 0 Å². The summed E-state index contributed by atoms with van der Waals surface area (Å²) in [6, 6.07) is 15.5. The molecule has 6 nitrogen and oxygen atoms in total. The van der Waals surface area contributed by atoms with Crippen molar-refractivity contribution in [2.75, 3.05) is 0 Å². The maximum Gasteiger partial charge on any atom is 0.168 e. The molecule has 0 unspecified atom stereocenters. The number of allylic oxidation sites excluding steroid dienone is 4. The van der Waals surface area contributed by atoms with Crippen LogP contribution in [0.15, 0.2) is 81.2 Å². The number of carbonyl (C=O) groups is 2.